The summed E-state index contributed by atoms with van der Waals surface area (Å²) in [7, 11) is 0. The third kappa shape index (κ3) is 3.55. The summed E-state index contributed by atoms with van der Waals surface area (Å²) >= 11 is 12.1. The van der Waals surface area contributed by atoms with Crippen molar-refractivity contribution in [3.8, 4) is 0 Å². The number of nitrogens with zero attached hydrogens (tertiary/aromatic N) is 2. The number of hydrogen-bond donors (Lipinski definition) is 1. The second-order valence-corrected chi connectivity index (χ2v) is 6.04. The molecule has 0 bridgehead atoms. The van der Waals surface area contributed by atoms with Gasteiger partial charge in [0, 0.05) is 44.6 Å². The van der Waals surface area contributed by atoms with E-state index in [0.29, 0.717) is 16.1 Å². The number of nitrogens with one attached hydrogen (secondary N) is 1. The monoisotopic (exact) mass is 321 g/mol. The van der Waals surface area contributed by atoms with E-state index in [4.69, 9.17) is 23.2 Å². The zero-order valence-electron chi connectivity index (χ0n) is 11.6. The van der Waals surface area contributed by atoms with E-state index in [1.54, 1.807) is 0 Å². The first-order valence-electron chi connectivity index (χ1n) is 7.02. The molecule has 1 saturated heterocycles. The quantitative estimate of drug-likeness (QED) is 0.937. The average Bonchev–Trinajstić information content (AvgIpc) is 2.52. The van der Waals surface area contributed by atoms with E-state index >= 15 is 0 Å². The lowest BCUT2D eigenvalue weighted by atomic mass is 10.0. The Morgan fingerprint density at radius 3 is 2.90 bits per heavy atom. The van der Waals surface area contributed by atoms with Gasteiger partial charge in [-0.2, -0.15) is 0 Å². The van der Waals surface area contributed by atoms with Gasteiger partial charge >= 0.3 is 0 Å². The summed E-state index contributed by atoms with van der Waals surface area (Å²) < 4.78 is 0. The molecule has 5 heteroatoms. The molecule has 1 atom stereocenters. The van der Waals surface area contributed by atoms with E-state index in [2.05, 4.69) is 21.3 Å². The predicted octanol–water partition coefficient (Wildman–Crippen LogP) is 3.53. The van der Waals surface area contributed by atoms with E-state index in [1.807, 2.05) is 36.7 Å². The van der Waals surface area contributed by atoms with Crippen LogP contribution in [-0.4, -0.2) is 29.5 Å². The SMILES string of the molecule is Clc1ccc(CN2CCNCC2c2cccnc2)cc1Cl. The van der Waals surface area contributed by atoms with Crippen LogP contribution in [0.4, 0.5) is 0 Å². The van der Waals surface area contributed by atoms with Crippen molar-refractivity contribution < 1.29 is 0 Å². The second kappa shape index (κ2) is 6.75. The van der Waals surface area contributed by atoms with Crippen molar-refractivity contribution in [3.05, 3.63) is 63.9 Å². The van der Waals surface area contributed by atoms with Crippen molar-refractivity contribution in [2.45, 2.75) is 12.6 Å². The zero-order chi connectivity index (χ0) is 14.7. The molecule has 1 aromatic heterocycles. The molecular formula is C16H17Cl2N3. The van der Waals surface area contributed by atoms with Gasteiger partial charge < -0.3 is 5.32 Å². The first-order valence-corrected chi connectivity index (χ1v) is 7.78. The van der Waals surface area contributed by atoms with Crippen molar-refractivity contribution in [1.82, 2.24) is 15.2 Å². The van der Waals surface area contributed by atoms with Gasteiger partial charge in [-0.1, -0.05) is 35.3 Å². The Hall–Kier alpha value is -1.13. The van der Waals surface area contributed by atoms with E-state index < -0.39 is 0 Å². The molecule has 1 N–H and O–H groups in total. The van der Waals surface area contributed by atoms with Gasteiger partial charge in [0.05, 0.1) is 10.0 Å². The van der Waals surface area contributed by atoms with E-state index in [-0.39, 0.29) is 0 Å². The summed E-state index contributed by atoms with van der Waals surface area (Å²) in [6.07, 6.45) is 3.75. The summed E-state index contributed by atoms with van der Waals surface area (Å²) in [6, 6.07) is 10.3. The number of hydrogen-bond acceptors (Lipinski definition) is 3. The van der Waals surface area contributed by atoms with Crippen LogP contribution in [0.3, 0.4) is 0 Å². The highest BCUT2D eigenvalue weighted by molar-refractivity contribution is 6.42. The summed E-state index contributed by atoms with van der Waals surface area (Å²) in [5.74, 6) is 0. The number of benzene rings is 1. The maximum atomic E-state index is 6.11. The van der Waals surface area contributed by atoms with Crippen molar-refractivity contribution in [2.75, 3.05) is 19.6 Å². The van der Waals surface area contributed by atoms with Gasteiger partial charge in [0.1, 0.15) is 0 Å². The Morgan fingerprint density at radius 2 is 2.14 bits per heavy atom. The van der Waals surface area contributed by atoms with Crippen LogP contribution in [0.15, 0.2) is 42.7 Å². The Labute approximate surface area is 134 Å². The number of aromatic nitrogens is 1. The number of halogens is 2. The van der Waals surface area contributed by atoms with Gasteiger partial charge in [-0.25, -0.2) is 0 Å². The van der Waals surface area contributed by atoms with Crippen molar-refractivity contribution in [1.29, 1.82) is 0 Å². The molecule has 3 nitrogen and oxygen atoms in total. The minimum Gasteiger partial charge on any atom is -0.314 e. The molecule has 0 saturated carbocycles. The standard InChI is InChI=1S/C16H17Cl2N3/c17-14-4-3-12(8-15(14)18)11-21-7-6-20-10-16(21)13-2-1-5-19-9-13/h1-5,8-9,16,20H,6-7,10-11H2. The summed E-state index contributed by atoms with van der Waals surface area (Å²) in [5.41, 5.74) is 2.42. The smallest absolute Gasteiger partial charge is 0.0595 e. The molecule has 0 aliphatic carbocycles. The molecule has 1 fully saturated rings. The van der Waals surface area contributed by atoms with Crippen LogP contribution in [0.1, 0.15) is 17.2 Å². The predicted molar refractivity (Wildman–Crippen MR) is 86.7 cm³/mol. The molecule has 0 amide bonds. The minimum atomic E-state index is 0.335. The summed E-state index contributed by atoms with van der Waals surface area (Å²) in [5, 5.41) is 4.67. The molecule has 1 aromatic carbocycles. The third-order valence-corrected chi connectivity index (χ3v) is 4.53. The fourth-order valence-electron chi connectivity index (χ4n) is 2.71. The van der Waals surface area contributed by atoms with Crippen LogP contribution in [0.25, 0.3) is 0 Å². The fourth-order valence-corrected chi connectivity index (χ4v) is 3.03. The molecule has 3 rings (SSSR count). The van der Waals surface area contributed by atoms with Crippen LogP contribution in [-0.2, 0) is 6.54 Å². The summed E-state index contributed by atoms with van der Waals surface area (Å²) in [6.45, 7) is 3.79. The minimum absolute atomic E-state index is 0.335. The largest absolute Gasteiger partial charge is 0.314 e. The fraction of sp³-hybridized carbons (Fsp3) is 0.312. The van der Waals surface area contributed by atoms with Crippen LogP contribution in [0.5, 0.6) is 0 Å². The number of pyridine rings is 1. The molecule has 0 spiro atoms. The number of piperazine rings is 1. The van der Waals surface area contributed by atoms with Gasteiger partial charge in [0.25, 0.3) is 0 Å². The molecule has 110 valence electrons. The molecule has 1 aliphatic rings. The highest BCUT2D eigenvalue weighted by atomic mass is 35.5. The maximum absolute atomic E-state index is 6.11. The summed E-state index contributed by atoms with van der Waals surface area (Å²) in [4.78, 5) is 6.69. The molecule has 1 aliphatic heterocycles. The molecule has 2 aromatic rings. The van der Waals surface area contributed by atoms with Gasteiger partial charge in [-0.05, 0) is 29.3 Å². The van der Waals surface area contributed by atoms with Gasteiger partial charge in [0.15, 0.2) is 0 Å². The van der Waals surface area contributed by atoms with Crippen LogP contribution >= 0.6 is 23.2 Å². The van der Waals surface area contributed by atoms with E-state index in [1.165, 1.54) is 11.1 Å². The van der Waals surface area contributed by atoms with Gasteiger partial charge in [0.2, 0.25) is 0 Å². The van der Waals surface area contributed by atoms with Gasteiger partial charge in [-0.15, -0.1) is 0 Å². The highest BCUT2D eigenvalue weighted by Gasteiger charge is 2.23. The van der Waals surface area contributed by atoms with Crippen LogP contribution in [0, 0.1) is 0 Å². The molecule has 1 unspecified atom stereocenters. The Balaban J connectivity index is 1.79. The lowest BCUT2D eigenvalue weighted by Gasteiger charge is -2.36. The molecular weight excluding hydrogens is 305 g/mol. The topological polar surface area (TPSA) is 28.2 Å². The molecule has 0 radical (unpaired) electrons. The Bertz CT molecular complexity index is 604. The van der Waals surface area contributed by atoms with Gasteiger partial charge in [-0.3, -0.25) is 9.88 Å². The second-order valence-electron chi connectivity index (χ2n) is 5.23. The van der Waals surface area contributed by atoms with Crippen LogP contribution in [0.2, 0.25) is 10.0 Å². The lowest BCUT2D eigenvalue weighted by Crippen LogP contribution is -2.45. The first-order chi connectivity index (χ1) is 10.2. The normalized spacial score (nSPS) is 19.6. The van der Waals surface area contributed by atoms with Crippen molar-refractivity contribution in [3.63, 3.8) is 0 Å². The molecule has 21 heavy (non-hydrogen) atoms. The Morgan fingerprint density at radius 1 is 1.24 bits per heavy atom. The first kappa shape index (κ1) is 14.8. The Kier molecular flexibility index (Phi) is 4.76. The lowest BCUT2D eigenvalue weighted by molar-refractivity contribution is 0.153. The third-order valence-electron chi connectivity index (χ3n) is 3.79. The highest BCUT2D eigenvalue weighted by Crippen LogP contribution is 2.27. The number of rotatable bonds is 3. The van der Waals surface area contributed by atoms with Crippen molar-refractivity contribution in [2.24, 2.45) is 0 Å². The zero-order valence-corrected chi connectivity index (χ0v) is 13.1. The molecule has 2 heterocycles. The van der Waals surface area contributed by atoms with Crippen molar-refractivity contribution >= 4 is 23.2 Å². The average molecular weight is 322 g/mol. The van der Waals surface area contributed by atoms with Crippen LogP contribution < -0.4 is 5.32 Å². The maximum Gasteiger partial charge on any atom is 0.0595 e. The van der Waals surface area contributed by atoms with E-state index in [9.17, 15) is 0 Å². The van der Waals surface area contributed by atoms with E-state index in [0.717, 1.165) is 26.2 Å².